The molecule has 21 heavy (non-hydrogen) atoms. The predicted octanol–water partition coefficient (Wildman–Crippen LogP) is 4.18. The highest BCUT2D eigenvalue weighted by atomic mass is 32.2. The number of thioether (sulfide) groups is 1. The summed E-state index contributed by atoms with van der Waals surface area (Å²) in [4.78, 5) is 10.7. The van der Waals surface area contributed by atoms with Crippen molar-refractivity contribution in [3.63, 3.8) is 0 Å². The van der Waals surface area contributed by atoms with E-state index in [1.807, 2.05) is 0 Å². The Balaban J connectivity index is 2.84. The molecular weight excluding hydrogens is 312 g/mol. The highest BCUT2D eigenvalue weighted by Crippen LogP contribution is 2.31. The normalized spacial score (nSPS) is 11.4. The molecule has 0 aromatic heterocycles. The van der Waals surface area contributed by atoms with E-state index < -0.39 is 24.7 Å². The van der Waals surface area contributed by atoms with Crippen LogP contribution >= 0.6 is 11.8 Å². The van der Waals surface area contributed by atoms with Gasteiger partial charge in [0, 0.05) is 12.7 Å². The Morgan fingerprint density at radius 3 is 2.38 bits per heavy atom. The van der Waals surface area contributed by atoms with E-state index >= 15 is 0 Å². The van der Waals surface area contributed by atoms with Gasteiger partial charge in [-0.3, -0.25) is 4.79 Å². The summed E-state index contributed by atoms with van der Waals surface area (Å²) in [5.74, 6) is -0.539. The first kappa shape index (κ1) is 17.4. The second-order valence-corrected chi connectivity index (χ2v) is 4.87. The van der Waals surface area contributed by atoms with Gasteiger partial charge < -0.3 is 9.47 Å². The van der Waals surface area contributed by atoms with Crippen LogP contribution in [-0.4, -0.2) is 24.1 Å². The Morgan fingerprint density at radius 2 is 1.81 bits per heavy atom. The van der Waals surface area contributed by atoms with E-state index in [2.05, 4.69) is 9.47 Å². The van der Waals surface area contributed by atoms with Gasteiger partial charge in [0.2, 0.25) is 0 Å². The minimum absolute atomic E-state index is 0.0537. The summed E-state index contributed by atoms with van der Waals surface area (Å²) < 4.78 is 57.0. The fraction of sp³-hybridized carbons (Fsp3) is 0.308. The molecule has 0 atom stereocenters. The third-order valence-electron chi connectivity index (χ3n) is 2.09. The quantitative estimate of drug-likeness (QED) is 0.705. The van der Waals surface area contributed by atoms with Gasteiger partial charge in [0.25, 0.3) is 0 Å². The lowest BCUT2D eigenvalue weighted by Gasteiger charge is -2.12. The maximum atomic E-state index is 12.2. The number of carbonyl (C=O) groups is 1. The van der Waals surface area contributed by atoms with Crippen LogP contribution in [-0.2, 0) is 4.79 Å². The Kier molecular flexibility index (Phi) is 7.07. The fourth-order valence-electron chi connectivity index (χ4n) is 1.36. The van der Waals surface area contributed by atoms with Crippen molar-refractivity contribution in [2.24, 2.45) is 0 Å². The van der Waals surface area contributed by atoms with Gasteiger partial charge in [0.05, 0.1) is 0 Å². The van der Waals surface area contributed by atoms with E-state index in [-0.39, 0.29) is 5.12 Å². The van der Waals surface area contributed by atoms with Crippen molar-refractivity contribution < 1.29 is 31.8 Å². The first-order valence-electron chi connectivity index (χ1n) is 5.72. The van der Waals surface area contributed by atoms with E-state index in [1.165, 1.54) is 13.0 Å². The summed E-state index contributed by atoms with van der Waals surface area (Å²) in [6.07, 6.45) is 3.20. The molecule has 1 rings (SSSR count). The van der Waals surface area contributed by atoms with Gasteiger partial charge in [-0.2, -0.15) is 17.6 Å². The summed E-state index contributed by atoms with van der Waals surface area (Å²) in [7, 11) is 0. The number of carbonyl (C=O) groups excluding carboxylic acids is 1. The van der Waals surface area contributed by atoms with Crippen LogP contribution in [0.4, 0.5) is 17.6 Å². The number of hydrogen-bond acceptors (Lipinski definition) is 4. The standard InChI is InChI=1S/C13H12F4O3S/c1-8(18)21-6-2-3-9-4-5-10(19-12(14)15)11(7-9)20-13(16)17/h2-5,7,12-13H,6H2,1H3. The highest BCUT2D eigenvalue weighted by Gasteiger charge is 2.14. The van der Waals surface area contributed by atoms with Gasteiger partial charge >= 0.3 is 13.2 Å². The Morgan fingerprint density at radius 1 is 1.19 bits per heavy atom. The molecule has 1 aromatic rings. The number of hydrogen-bond donors (Lipinski definition) is 0. The van der Waals surface area contributed by atoms with Gasteiger partial charge in [-0.25, -0.2) is 0 Å². The molecule has 0 amide bonds. The zero-order valence-electron chi connectivity index (χ0n) is 10.9. The van der Waals surface area contributed by atoms with Crippen LogP contribution in [0, 0.1) is 0 Å². The van der Waals surface area contributed by atoms with Crippen molar-refractivity contribution in [3.05, 3.63) is 29.8 Å². The Bertz CT molecular complexity index is 506. The average molecular weight is 324 g/mol. The molecule has 3 nitrogen and oxygen atoms in total. The van der Waals surface area contributed by atoms with Crippen molar-refractivity contribution in [2.45, 2.75) is 20.1 Å². The van der Waals surface area contributed by atoms with Crippen LogP contribution in [0.15, 0.2) is 24.3 Å². The third kappa shape index (κ3) is 7.03. The predicted molar refractivity (Wildman–Crippen MR) is 71.9 cm³/mol. The van der Waals surface area contributed by atoms with Crippen molar-refractivity contribution in [1.29, 1.82) is 0 Å². The van der Waals surface area contributed by atoms with Gasteiger partial charge in [0.15, 0.2) is 16.6 Å². The molecule has 0 spiro atoms. The first-order valence-corrected chi connectivity index (χ1v) is 6.70. The lowest BCUT2D eigenvalue weighted by molar-refractivity contribution is -0.109. The summed E-state index contributed by atoms with van der Waals surface area (Å²) in [6, 6.07) is 3.67. The number of rotatable bonds is 7. The first-order chi connectivity index (χ1) is 9.88. The smallest absolute Gasteiger partial charge is 0.387 e. The number of alkyl halides is 4. The average Bonchev–Trinajstić information content (AvgIpc) is 2.36. The van der Waals surface area contributed by atoms with Crippen LogP contribution in [0.1, 0.15) is 12.5 Å². The van der Waals surface area contributed by atoms with Crippen molar-refractivity contribution in [3.8, 4) is 11.5 Å². The van der Waals surface area contributed by atoms with Crippen LogP contribution in [0.2, 0.25) is 0 Å². The molecule has 0 bridgehead atoms. The molecule has 0 aliphatic heterocycles. The SMILES string of the molecule is CC(=O)SCC=Cc1ccc(OC(F)F)c(OC(F)F)c1. The van der Waals surface area contributed by atoms with E-state index in [1.54, 1.807) is 12.2 Å². The van der Waals surface area contributed by atoms with Gasteiger partial charge in [0.1, 0.15) is 0 Å². The van der Waals surface area contributed by atoms with Gasteiger partial charge in [-0.1, -0.05) is 30.0 Å². The molecule has 1 aromatic carbocycles. The topological polar surface area (TPSA) is 35.5 Å². The molecule has 0 unspecified atom stereocenters. The van der Waals surface area contributed by atoms with Crippen molar-refractivity contribution >= 4 is 23.0 Å². The Labute approximate surface area is 122 Å². The fourth-order valence-corrected chi connectivity index (χ4v) is 1.79. The van der Waals surface area contributed by atoms with Crippen LogP contribution < -0.4 is 9.47 Å². The van der Waals surface area contributed by atoms with E-state index in [9.17, 15) is 22.4 Å². The second-order valence-electron chi connectivity index (χ2n) is 3.67. The number of ether oxygens (including phenoxy) is 2. The summed E-state index contributed by atoms with van der Waals surface area (Å²) in [5.41, 5.74) is 0.455. The molecule has 116 valence electrons. The monoisotopic (exact) mass is 324 g/mol. The maximum Gasteiger partial charge on any atom is 0.387 e. The molecule has 0 radical (unpaired) electrons. The van der Waals surface area contributed by atoms with Gasteiger partial charge in [-0.05, 0) is 17.7 Å². The molecule has 0 heterocycles. The molecule has 8 heteroatoms. The van der Waals surface area contributed by atoms with Crippen LogP contribution in [0.5, 0.6) is 11.5 Å². The molecular formula is C13H12F4O3S. The highest BCUT2D eigenvalue weighted by molar-refractivity contribution is 8.13. The van der Waals surface area contributed by atoms with Crippen LogP contribution in [0.3, 0.4) is 0 Å². The second kappa shape index (κ2) is 8.56. The van der Waals surface area contributed by atoms with E-state index in [0.717, 1.165) is 23.9 Å². The molecule has 0 aliphatic rings. The zero-order chi connectivity index (χ0) is 15.8. The zero-order valence-corrected chi connectivity index (χ0v) is 11.7. The lowest BCUT2D eigenvalue weighted by atomic mass is 10.2. The maximum absolute atomic E-state index is 12.2. The number of halogens is 4. The van der Waals surface area contributed by atoms with E-state index in [4.69, 9.17) is 0 Å². The van der Waals surface area contributed by atoms with Crippen molar-refractivity contribution in [1.82, 2.24) is 0 Å². The number of benzene rings is 1. The summed E-state index contributed by atoms with van der Waals surface area (Å²) >= 11 is 1.08. The minimum atomic E-state index is -3.16. The molecule has 0 N–H and O–H groups in total. The molecule has 0 fully saturated rings. The molecule has 0 aliphatic carbocycles. The molecule has 0 saturated heterocycles. The molecule has 0 saturated carbocycles. The van der Waals surface area contributed by atoms with Crippen molar-refractivity contribution in [2.75, 3.05) is 5.75 Å². The summed E-state index contributed by atoms with van der Waals surface area (Å²) in [6.45, 7) is -4.88. The minimum Gasteiger partial charge on any atom is -0.431 e. The third-order valence-corrected chi connectivity index (χ3v) is 2.86. The van der Waals surface area contributed by atoms with Crippen LogP contribution in [0.25, 0.3) is 6.08 Å². The largest absolute Gasteiger partial charge is 0.431 e. The van der Waals surface area contributed by atoms with E-state index in [0.29, 0.717) is 11.3 Å². The summed E-state index contributed by atoms with van der Waals surface area (Å²) in [5, 5.41) is -0.0537. The van der Waals surface area contributed by atoms with Gasteiger partial charge in [-0.15, -0.1) is 0 Å². The Hall–Kier alpha value is -1.70. The lowest BCUT2D eigenvalue weighted by Crippen LogP contribution is -2.07.